The fourth-order valence-corrected chi connectivity index (χ4v) is 11.0. The highest BCUT2D eigenvalue weighted by atomic mass is 35.5. The minimum atomic E-state index is 0.719. The fourth-order valence-electron chi connectivity index (χ4n) is 10.8. The number of ether oxygens (including phenoxy) is 7. The largest absolute Gasteiger partial charge is 0.494 e. The first-order chi connectivity index (χ1) is 47.3. The van der Waals surface area contributed by atoms with Gasteiger partial charge in [0.2, 0.25) is 0 Å². The van der Waals surface area contributed by atoms with Gasteiger partial charge in [-0.05, 0) is 143 Å². The van der Waals surface area contributed by atoms with Gasteiger partial charge in [0.1, 0.15) is 33.8 Å². The number of pyridine rings is 5. The zero-order valence-corrected chi connectivity index (χ0v) is 58.9. The summed E-state index contributed by atoms with van der Waals surface area (Å²) in [5, 5.41) is 23.7. The second-order valence-electron chi connectivity index (χ2n) is 22.9. The summed E-state index contributed by atoms with van der Waals surface area (Å²) in [5.74, 6) is 2.45. The van der Waals surface area contributed by atoms with Crippen LogP contribution in [0.2, 0.25) is 5.02 Å². The molecule has 0 unspecified atom stereocenters. The van der Waals surface area contributed by atoms with Crippen LogP contribution in [0, 0.1) is 0 Å². The average Bonchev–Trinajstić information content (AvgIpc) is 0.898. The highest BCUT2D eigenvalue weighted by Crippen LogP contribution is 2.32. The minimum absolute atomic E-state index is 0.719. The molecule has 0 amide bonds. The Morgan fingerprint density at radius 2 is 0.615 bits per heavy atom. The third-order valence-electron chi connectivity index (χ3n) is 15.9. The van der Waals surface area contributed by atoms with Gasteiger partial charge >= 0.3 is 0 Å². The van der Waals surface area contributed by atoms with Gasteiger partial charge in [0.15, 0.2) is 0 Å². The summed E-state index contributed by atoms with van der Waals surface area (Å²) in [5.41, 5.74) is 10.3. The van der Waals surface area contributed by atoms with Crippen LogP contribution in [0.4, 0.5) is 28.4 Å². The van der Waals surface area contributed by atoms with Gasteiger partial charge in [0.25, 0.3) is 0 Å². The molecule has 5 heterocycles. The number of methoxy groups -OCH3 is 7. The van der Waals surface area contributed by atoms with Crippen LogP contribution in [0.15, 0.2) is 158 Å². The first-order valence-electron chi connectivity index (χ1n) is 34.1. The van der Waals surface area contributed by atoms with Crippen LogP contribution >= 0.6 is 11.6 Å². The molecule has 516 valence electrons. The van der Waals surface area contributed by atoms with Crippen molar-refractivity contribution in [3.8, 4) is 17.2 Å². The molecule has 0 radical (unpaired) electrons. The third kappa shape index (κ3) is 26.4. The number of hydrogen-bond acceptors (Lipinski definition) is 17. The van der Waals surface area contributed by atoms with Crippen molar-refractivity contribution >= 4 is 94.6 Å². The van der Waals surface area contributed by atoms with E-state index >= 15 is 0 Å². The summed E-state index contributed by atoms with van der Waals surface area (Å²) >= 11 is 5.97. The zero-order valence-electron chi connectivity index (χ0n) is 58.2. The molecular weight excluding hydrogens is 1220 g/mol. The SMILES string of the molecule is CCCCCCNc1ccnc2c(OC)cccc12.COCCCCCCNc1ccnc2c(OC)cccc12.COCCCCCNc1ccnc2cc(Cl)ccc12.COCCCCCNc1ccnc2ccccc12.COCCCCNc1ccnc2c(OC)cccc12. The van der Waals surface area contributed by atoms with Crippen molar-refractivity contribution in [1.29, 1.82) is 0 Å². The van der Waals surface area contributed by atoms with Crippen molar-refractivity contribution in [2.45, 2.75) is 110 Å². The van der Waals surface area contributed by atoms with E-state index in [0.717, 1.165) is 198 Å². The normalized spacial score (nSPS) is 10.7. The van der Waals surface area contributed by atoms with Gasteiger partial charge < -0.3 is 59.7 Å². The van der Waals surface area contributed by atoms with Gasteiger partial charge in [-0.1, -0.05) is 105 Å². The smallest absolute Gasteiger partial charge is 0.145 e. The number of hydrogen-bond donors (Lipinski definition) is 5. The van der Waals surface area contributed by atoms with Crippen molar-refractivity contribution < 1.29 is 33.2 Å². The predicted molar refractivity (Wildman–Crippen MR) is 403 cm³/mol. The second-order valence-corrected chi connectivity index (χ2v) is 23.4. The minimum Gasteiger partial charge on any atom is -0.494 e. The topological polar surface area (TPSA) is 189 Å². The Morgan fingerprint density at radius 1 is 0.302 bits per heavy atom. The molecule has 0 fully saturated rings. The molecule has 5 N–H and O–H groups in total. The van der Waals surface area contributed by atoms with Crippen LogP contribution in [0.25, 0.3) is 54.5 Å². The number of aromatic nitrogens is 5. The Morgan fingerprint density at radius 3 is 1.01 bits per heavy atom. The molecular formula is C78H105ClN10O7. The summed E-state index contributed by atoms with van der Waals surface area (Å²) in [7, 11) is 12.0. The number of rotatable bonds is 37. The number of anilines is 5. The monoisotopic (exact) mass is 1330 g/mol. The lowest BCUT2D eigenvalue weighted by molar-refractivity contribution is 0.192. The summed E-state index contributed by atoms with van der Waals surface area (Å²) in [6.45, 7) is 10.5. The maximum Gasteiger partial charge on any atom is 0.145 e. The quantitative estimate of drug-likeness (QED) is 0.0231. The van der Waals surface area contributed by atoms with Crippen molar-refractivity contribution in [3.63, 3.8) is 0 Å². The molecule has 18 heteroatoms. The summed E-state index contributed by atoms with van der Waals surface area (Å²) < 4.78 is 36.2. The molecule has 0 bridgehead atoms. The van der Waals surface area contributed by atoms with Gasteiger partial charge in [0.05, 0.1) is 32.4 Å². The van der Waals surface area contributed by atoms with E-state index in [4.69, 9.17) is 44.8 Å². The van der Waals surface area contributed by atoms with E-state index in [0.29, 0.717) is 0 Å². The van der Waals surface area contributed by atoms with Crippen LogP contribution in [-0.4, -0.2) is 134 Å². The second kappa shape index (κ2) is 46.7. The summed E-state index contributed by atoms with van der Waals surface area (Å²) in [4.78, 5) is 21.9. The van der Waals surface area contributed by atoms with Crippen molar-refractivity contribution in [3.05, 3.63) is 163 Å². The van der Waals surface area contributed by atoms with Gasteiger partial charge in [-0.25, -0.2) is 0 Å². The Kier molecular flexibility index (Phi) is 37.3. The van der Waals surface area contributed by atoms with E-state index in [1.165, 1.54) is 68.9 Å². The van der Waals surface area contributed by atoms with Crippen LogP contribution in [0.5, 0.6) is 17.2 Å². The number of para-hydroxylation sites is 4. The van der Waals surface area contributed by atoms with E-state index in [-0.39, 0.29) is 0 Å². The van der Waals surface area contributed by atoms with Gasteiger partial charge in [-0.3, -0.25) is 24.9 Å². The Hall–Kier alpha value is -8.32. The van der Waals surface area contributed by atoms with Gasteiger partial charge in [-0.15, -0.1) is 0 Å². The van der Waals surface area contributed by atoms with E-state index in [9.17, 15) is 0 Å². The van der Waals surface area contributed by atoms with Crippen molar-refractivity contribution in [1.82, 2.24) is 24.9 Å². The van der Waals surface area contributed by atoms with Gasteiger partial charge in [0, 0.05) is 179 Å². The van der Waals surface area contributed by atoms with E-state index in [2.05, 4.69) is 82.7 Å². The number of nitrogens with one attached hydrogen (secondary N) is 5. The van der Waals surface area contributed by atoms with E-state index < -0.39 is 0 Å². The Balaban J connectivity index is 0.000000190. The maximum absolute atomic E-state index is 5.97. The molecule has 96 heavy (non-hydrogen) atoms. The lowest BCUT2D eigenvalue weighted by atomic mass is 10.1. The predicted octanol–water partition coefficient (Wildman–Crippen LogP) is 18.8. The number of fused-ring (bicyclic) bond motifs is 5. The first kappa shape index (κ1) is 76.7. The molecule has 5 aromatic heterocycles. The number of benzene rings is 5. The lowest BCUT2D eigenvalue weighted by Gasteiger charge is -2.11. The molecule has 0 saturated carbocycles. The molecule has 0 spiro atoms. The molecule has 0 aliphatic rings. The molecule has 0 atom stereocenters. The standard InChI is InChI=1S/C17H24N2O2.C16H22N2O.C15H19ClN2O.C15H20N2O2.C15H20N2O/c1-20-13-6-4-3-5-11-18-15-10-12-19-17-14(15)8-7-9-16(17)21-2;1-3-4-5-6-11-17-14-10-12-18-16-13(14)8-7-9-15(16)19-2;1-19-10-4-2-3-8-17-14-7-9-18-15-11-12(16)5-6-13(14)15;1-18-11-4-3-9-16-13-8-10-17-15-12(13)6-5-7-14(15)19-2;1-18-12-6-2-5-10-16-15-9-11-17-14-8-4-3-7-13(14)15/h7-10,12H,3-6,11,13H2,1-2H3,(H,18,19);7-10,12H,3-6,11H2,1-2H3,(H,17,18);5-7,9,11H,2-4,8,10H2,1H3,(H,17,18);5-8,10H,3-4,9,11H2,1-2H3,(H,16,17);3-4,7-9,11H,2,5-6,10,12H2,1H3,(H,16,17). The fraction of sp³-hybridized carbons (Fsp3) is 0.423. The number of nitrogens with zero attached hydrogens (tertiary/aromatic N) is 5. The Bertz CT molecular complexity index is 3650. The van der Waals surface area contributed by atoms with Crippen LogP contribution in [0.1, 0.15) is 110 Å². The van der Waals surface area contributed by atoms with Crippen molar-refractivity contribution in [2.75, 3.05) is 136 Å². The molecule has 0 aliphatic carbocycles. The molecule has 17 nitrogen and oxygen atoms in total. The molecule has 0 aliphatic heterocycles. The molecule has 5 aromatic carbocycles. The van der Waals surface area contributed by atoms with E-state index in [1.807, 2.05) is 134 Å². The van der Waals surface area contributed by atoms with Crippen LogP contribution in [0.3, 0.4) is 0 Å². The number of halogens is 1. The van der Waals surface area contributed by atoms with Gasteiger partial charge in [-0.2, -0.15) is 0 Å². The maximum atomic E-state index is 5.97. The van der Waals surface area contributed by atoms with Crippen molar-refractivity contribution in [2.24, 2.45) is 0 Å². The third-order valence-corrected chi connectivity index (χ3v) is 16.2. The highest BCUT2D eigenvalue weighted by molar-refractivity contribution is 6.31. The zero-order chi connectivity index (χ0) is 68.1. The lowest BCUT2D eigenvalue weighted by Crippen LogP contribution is -2.04. The average molecular weight is 1330 g/mol. The highest BCUT2D eigenvalue weighted by Gasteiger charge is 2.10. The summed E-state index contributed by atoms with van der Waals surface area (Å²) in [6, 6.07) is 42.1. The van der Waals surface area contributed by atoms with E-state index in [1.54, 1.807) is 49.8 Å². The molecule has 0 saturated heterocycles. The number of unbranched alkanes of at least 4 members (excludes halogenated alkanes) is 11. The summed E-state index contributed by atoms with van der Waals surface area (Å²) in [6.07, 6.45) is 28.1. The first-order valence-corrected chi connectivity index (χ1v) is 34.5. The van der Waals surface area contributed by atoms with Crippen LogP contribution < -0.4 is 40.8 Å². The molecule has 10 rings (SSSR count). The van der Waals surface area contributed by atoms with Crippen LogP contribution in [-0.2, 0) is 18.9 Å². The molecule has 10 aromatic rings. The Labute approximate surface area is 575 Å².